The second-order valence-corrected chi connectivity index (χ2v) is 9.46. The highest BCUT2D eigenvalue weighted by atomic mass is 19.4. The Balaban J connectivity index is 1.11. The average Bonchev–Trinajstić information content (AvgIpc) is 2.88. The number of piperidine rings is 1. The fourth-order valence-corrected chi connectivity index (χ4v) is 4.84. The van der Waals surface area contributed by atoms with Crippen molar-refractivity contribution in [1.29, 1.82) is 0 Å². The van der Waals surface area contributed by atoms with Crippen LogP contribution in [0, 0.1) is 5.92 Å². The van der Waals surface area contributed by atoms with Crippen molar-refractivity contribution < 1.29 is 22.8 Å². The van der Waals surface area contributed by atoms with Crippen LogP contribution in [0.25, 0.3) is 0 Å². The summed E-state index contributed by atoms with van der Waals surface area (Å²) in [5.41, 5.74) is 2.03. The summed E-state index contributed by atoms with van der Waals surface area (Å²) in [7, 11) is 0. The number of halogens is 3. The molecule has 0 radical (unpaired) electrons. The summed E-state index contributed by atoms with van der Waals surface area (Å²) in [6.45, 7) is 2.22. The Labute approximate surface area is 212 Å². The van der Waals surface area contributed by atoms with Crippen molar-refractivity contribution in [1.82, 2.24) is 15.1 Å². The molecule has 0 spiro atoms. The van der Waals surface area contributed by atoms with E-state index < -0.39 is 11.7 Å². The molecule has 7 nitrogen and oxygen atoms in total. The van der Waals surface area contributed by atoms with Crippen LogP contribution < -0.4 is 10.2 Å². The highest BCUT2D eigenvalue weighted by Gasteiger charge is 2.34. The van der Waals surface area contributed by atoms with Crippen LogP contribution in [-0.4, -0.2) is 53.1 Å². The molecule has 3 aromatic rings. The lowest BCUT2D eigenvalue weighted by molar-refractivity contribution is -0.137. The molecule has 2 aliphatic heterocycles. The van der Waals surface area contributed by atoms with E-state index in [2.05, 4.69) is 20.4 Å². The Morgan fingerprint density at radius 2 is 1.68 bits per heavy atom. The average molecular weight is 510 g/mol. The summed E-state index contributed by atoms with van der Waals surface area (Å²) in [5.74, 6) is -0.249. The predicted molar refractivity (Wildman–Crippen MR) is 132 cm³/mol. The zero-order chi connectivity index (χ0) is 26.0. The monoisotopic (exact) mass is 509 g/mol. The van der Waals surface area contributed by atoms with Gasteiger partial charge in [0, 0.05) is 37.4 Å². The molecule has 0 bridgehead atoms. The van der Waals surface area contributed by atoms with Gasteiger partial charge in [-0.3, -0.25) is 9.59 Å². The lowest BCUT2D eigenvalue weighted by Crippen LogP contribution is -2.52. The van der Waals surface area contributed by atoms with E-state index in [9.17, 15) is 22.8 Å². The molecule has 37 heavy (non-hydrogen) atoms. The van der Waals surface area contributed by atoms with Crippen molar-refractivity contribution in [2.24, 2.45) is 5.92 Å². The van der Waals surface area contributed by atoms with E-state index in [0.29, 0.717) is 26.2 Å². The molecule has 0 unspecified atom stereocenters. The second kappa shape index (κ2) is 10.2. The Bertz CT molecular complexity index is 1250. The first-order valence-corrected chi connectivity index (χ1v) is 12.2. The maximum absolute atomic E-state index is 13.0. The van der Waals surface area contributed by atoms with Gasteiger partial charge in [-0.1, -0.05) is 18.2 Å². The summed E-state index contributed by atoms with van der Waals surface area (Å²) < 4.78 is 39.0. The van der Waals surface area contributed by atoms with Crippen LogP contribution in [-0.2, 0) is 11.0 Å². The summed E-state index contributed by atoms with van der Waals surface area (Å²) in [4.78, 5) is 29.0. The molecule has 0 aliphatic carbocycles. The Morgan fingerprint density at radius 1 is 0.946 bits per heavy atom. The molecule has 0 saturated carbocycles. The molecule has 3 heterocycles. The van der Waals surface area contributed by atoms with Gasteiger partial charge in [0.15, 0.2) is 0 Å². The third-order valence-electron chi connectivity index (χ3n) is 7.05. The molecule has 2 saturated heterocycles. The molecule has 2 fully saturated rings. The molecule has 2 amide bonds. The van der Waals surface area contributed by atoms with Gasteiger partial charge in [-0.05, 0) is 60.7 Å². The van der Waals surface area contributed by atoms with Crippen LogP contribution in [0.15, 0.2) is 67.0 Å². The van der Waals surface area contributed by atoms with E-state index in [1.807, 2.05) is 30.3 Å². The van der Waals surface area contributed by atoms with Crippen molar-refractivity contribution in [3.63, 3.8) is 0 Å². The van der Waals surface area contributed by atoms with E-state index in [1.54, 1.807) is 17.3 Å². The van der Waals surface area contributed by atoms with Crippen LogP contribution in [0.3, 0.4) is 0 Å². The van der Waals surface area contributed by atoms with Gasteiger partial charge in [0.05, 0.1) is 29.6 Å². The summed E-state index contributed by atoms with van der Waals surface area (Å²) in [6, 6.07) is 14.2. The Hall–Kier alpha value is -3.95. The summed E-state index contributed by atoms with van der Waals surface area (Å²) in [5, 5.41) is 10.6. The minimum Gasteiger partial charge on any atom is -0.368 e. The molecule has 1 N–H and O–H groups in total. The molecule has 1 aromatic heterocycles. The van der Waals surface area contributed by atoms with E-state index in [0.717, 1.165) is 41.9 Å². The Kier molecular flexibility index (Phi) is 6.82. The van der Waals surface area contributed by atoms with Gasteiger partial charge in [0.2, 0.25) is 5.91 Å². The SMILES string of the molecule is O=C(Nc1ccc(C2CCN(C(=O)c3cccc(C(F)(F)F)c3)CC2)cc1)C1CN(c2ccnnc2)C1. The summed E-state index contributed by atoms with van der Waals surface area (Å²) >= 11 is 0. The predicted octanol–water partition coefficient (Wildman–Crippen LogP) is 4.59. The number of rotatable bonds is 5. The molecule has 10 heteroatoms. The standard InChI is InChI=1S/C27H26F3N5O2/c28-27(29,30)22-3-1-2-20(14-22)26(37)34-12-9-19(10-13-34)18-4-6-23(7-5-18)33-25(36)21-16-35(17-21)24-8-11-31-32-15-24/h1-8,11,14-15,19,21H,9-10,12-13,16-17H2,(H,33,36). The third kappa shape index (κ3) is 5.58. The zero-order valence-corrected chi connectivity index (χ0v) is 20.0. The van der Waals surface area contributed by atoms with Gasteiger partial charge in [0.25, 0.3) is 5.91 Å². The van der Waals surface area contributed by atoms with E-state index >= 15 is 0 Å². The van der Waals surface area contributed by atoms with Crippen LogP contribution in [0.4, 0.5) is 24.5 Å². The van der Waals surface area contributed by atoms with E-state index in [4.69, 9.17) is 0 Å². The highest BCUT2D eigenvalue weighted by molar-refractivity contribution is 5.95. The van der Waals surface area contributed by atoms with Crippen molar-refractivity contribution >= 4 is 23.2 Å². The minimum absolute atomic E-state index is 0.0209. The highest BCUT2D eigenvalue weighted by Crippen LogP contribution is 2.32. The normalized spacial score (nSPS) is 16.8. The summed E-state index contributed by atoms with van der Waals surface area (Å²) in [6.07, 6.45) is 0.266. The molecular formula is C27H26F3N5O2. The minimum atomic E-state index is -4.48. The molecule has 192 valence electrons. The number of amides is 2. The molecule has 2 aliphatic rings. The number of benzene rings is 2. The quantitative estimate of drug-likeness (QED) is 0.545. The zero-order valence-electron chi connectivity index (χ0n) is 20.0. The number of hydrogen-bond acceptors (Lipinski definition) is 5. The molecule has 2 aromatic carbocycles. The maximum Gasteiger partial charge on any atom is 0.416 e. The number of nitrogens with zero attached hydrogens (tertiary/aromatic N) is 4. The van der Waals surface area contributed by atoms with Gasteiger partial charge < -0.3 is 15.1 Å². The largest absolute Gasteiger partial charge is 0.416 e. The van der Waals surface area contributed by atoms with Crippen LogP contribution >= 0.6 is 0 Å². The van der Waals surface area contributed by atoms with E-state index in [-0.39, 0.29) is 29.2 Å². The topological polar surface area (TPSA) is 78.4 Å². The van der Waals surface area contributed by atoms with Gasteiger partial charge in [-0.15, -0.1) is 0 Å². The van der Waals surface area contributed by atoms with Crippen LogP contribution in [0.1, 0.15) is 40.2 Å². The number of carbonyl (C=O) groups excluding carboxylic acids is 2. The molecular weight excluding hydrogens is 483 g/mol. The van der Waals surface area contributed by atoms with Gasteiger partial charge in [-0.2, -0.15) is 23.4 Å². The smallest absolute Gasteiger partial charge is 0.368 e. The number of alkyl halides is 3. The van der Waals surface area contributed by atoms with Crippen molar-refractivity contribution in [2.75, 3.05) is 36.4 Å². The number of anilines is 2. The first kappa shape index (κ1) is 24.7. The van der Waals surface area contributed by atoms with Gasteiger partial charge >= 0.3 is 6.18 Å². The Morgan fingerprint density at radius 3 is 2.32 bits per heavy atom. The van der Waals surface area contributed by atoms with Gasteiger partial charge in [0.1, 0.15) is 0 Å². The third-order valence-corrected chi connectivity index (χ3v) is 7.05. The lowest BCUT2D eigenvalue weighted by Gasteiger charge is -2.39. The lowest BCUT2D eigenvalue weighted by atomic mass is 9.89. The van der Waals surface area contributed by atoms with Crippen molar-refractivity contribution in [3.05, 3.63) is 83.7 Å². The first-order valence-electron chi connectivity index (χ1n) is 12.2. The number of carbonyl (C=O) groups is 2. The fraction of sp³-hybridized carbons (Fsp3) is 0.333. The van der Waals surface area contributed by atoms with E-state index in [1.165, 1.54) is 12.1 Å². The molecule has 5 rings (SSSR count). The van der Waals surface area contributed by atoms with Crippen LogP contribution in [0.5, 0.6) is 0 Å². The fourth-order valence-electron chi connectivity index (χ4n) is 4.84. The van der Waals surface area contributed by atoms with Crippen molar-refractivity contribution in [2.45, 2.75) is 24.9 Å². The first-order chi connectivity index (χ1) is 17.8. The van der Waals surface area contributed by atoms with Crippen molar-refractivity contribution in [3.8, 4) is 0 Å². The second-order valence-electron chi connectivity index (χ2n) is 9.46. The number of nitrogens with one attached hydrogen (secondary N) is 1. The van der Waals surface area contributed by atoms with Crippen LogP contribution in [0.2, 0.25) is 0 Å². The number of likely N-dealkylation sites (tertiary alicyclic amines) is 1. The number of aromatic nitrogens is 2. The maximum atomic E-state index is 13.0. The van der Waals surface area contributed by atoms with Gasteiger partial charge in [-0.25, -0.2) is 0 Å². The molecule has 0 atom stereocenters. The number of hydrogen-bond donors (Lipinski definition) is 1.